The summed E-state index contributed by atoms with van der Waals surface area (Å²) < 4.78 is 2.39. The number of nitrogens with zero attached hydrogens (tertiary/aromatic N) is 4. The van der Waals surface area contributed by atoms with Crippen molar-refractivity contribution in [2.24, 2.45) is 0 Å². The highest BCUT2D eigenvalue weighted by atomic mass is 15.0. The molecule has 236 valence electrons. The fourth-order valence-electron chi connectivity index (χ4n) is 7.99. The highest BCUT2D eigenvalue weighted by Gasteiger charge is 2.37. The Morgan fingerprint density at radius 3 is 1.96 bits per heavy atom. The molecule has 0 amide bonds. The average molecular weight is 641 g/mol. The number of aromatic nitrogens is 4. The first-order valence-electron chi connectivity index (χ1n) is 17.1. The van der Waals surface area contributed by atoms with E-state index in [1.54, 1.807) is 0 Å². The van der Waals surface area contributed by atoms with Crippen molar-refractivity contribution in [3.8, 4) is 51.0 Å². The first-order valence-corrected chi connectivity index (χ1v) is 17.1. The van der Waals surface area contributed by atoms with Crippen LogP contribution >= 0.6 is 0 Å². The van der Waals surface area contributed by atoms with Gasteiger partial charge in [0, 0.05) is 38.6 Å². The minimum atomic E-state index is -0.0683. The van der Waals surface area contributed by atoms with Crippen LogP contribution in [0, 0.1) is 0 Å². The number of hydrogen-bond acceptors (Lipinski definition) is 3. The molecule has 0 radical (unpaired) electrons. The predicted molar refractivity (Wildman–Crippen MR) is 206 cm³/mol. The Labute approximate surface area is 290 Å². The third kappa shape index (κ3) is 4.28. The maximum Gasteiger partial charge on any atom is 0.164 e. The lowest BCUT2D eigenvalue weighted by molar-refractivity contribution is 0.661. The van der Waals surface area contributed by atoms with Crippen molar-refractivity contribution in [1.82, 2.24) is 19.5 Å². The Bertz CT molecular complexity index is 2790. The van der Waals surface area contributed by atoms with Gasteiger partial charge in [-0.2, -0.15) is 0 Å². The summed E-state index contributed by atoms with van der Waals surface area (Å²) in [6, 6.07) is 55.9. The van der Waals surface area contributed by atoms with Gasteiger partial charge in [-0.15, -0.1) is 0 Å². The van der Waals surface area contributed by atoms with Crippen molar-refractivity contribution < 1.29 is 0 Å². The van der Waals surface area contributed by atoms with E-state index in [1.807, 2.05) is 18.2 Å². The number of fused-ring (bicyclic) bond motifs is 8. The molecule has 0 bridgehead atoms. The Balaban J connectivity index is 1.18. The fraction of sp³-hybridized carbons (Fsp3) is 0.0652. The van der Waals surface area contributed by atoms with Gasteiger partial charge in [-0.1, -0.05) is 141 Å². The largest absolute Gasteiger partial charge is 0.309 e. The maximum atomic E-state index is 5.11. The standard InChI is InChI=1S/C46H32N4/c1-46(2)37-21-10-8-19-35(37)41-38(46)25-26-40-42(41)36-20-9-11-22-39(36)50(40)34-18-12-17-32(28-34)44-47-43(30-14-4-3-5-15-30)48-45(49-44)33-24-23-29-13-6-7-16-31(29)27-33/h3-28H,1-2H3. The van der Waals surface area contributed by atoms with Crippen molar-refractivity contribution in [1.29, 1.82) is 0 Å². The van der Waals surface area contributed by atoms with Crippen molar-refractivity contribution in [2.45, 2.75) is 19.3 Å². The second-order valence-electron chi connectivity index (χ2n) is 13.7. The minimum absolute atomic E-state index is 0.0683. The molecule has 2 aromatic heterocycles. The highest BCUT2D eigenvalue weighted by molar-refractivity contribution is 6.17. The first-order chi connectivity index (χ1) is 24.5. The van der Waals surface area contributed by atoms with Crippen LogP contribution in [0.3, 0.4) is 0 Å². The topological polar surface area (TPSA) is 43.6 Å². The third-order valence-corrected chi connectivity index (χ3v) is 10.4. The van der Waals surface area contributed by atoms with Gasteiger partial charge in [0.25, 0.3) is 0 Å². The van der Waals surface area contributed by atoms with Gasteiger partial charge in [0.1, 0.15) is 0 Å². The number of benzene rings is 7. The molecule has 1 aliphatic rings. The van der Waals surface area contributed by atoms with Crippen LogP contribution in [0.2, 0.25) is 0 Å². The maximum absolute atomic E-state index is 5.11. The minimum Gasteiger partial charge on any atom is -0.309 e. The Kier molecular flexibility index (Phi) is 6.19. The van der Waals surface area contributed by atoms with Crippen molar-refractivity contribution in [3.05, 3.63) is 169 Å². The van der Waals surface area contributed by atoms with Crippen LogP contribution in [0.4, 0.5) is 0 Å². The van der Waals surface area contributed by atoms with E-state index in [-0.39, 0.29) is 5.41 Å². The summed E-state index contributed by atoms with van der Waals surface area (Å²) in [7, 11) is 0. The predicted octanol–water partition coefficient (Wildman–Crippen LogP) is 11.4. The fourth-order valence-corrected chi connectivity index (χ4v) is 7.99. The second kappa shape index (κ2) is 10.8. The van der Waals surface area contributed by atoms with E-state index in [2.05, 4.69) is 158 Å². The van der Waals surface area contributed by atoms with Crippen LogP contribution in [-0.2, 0) is 5.41 Å². The van der Waals surface area contributed by atoms with Crippen LogP contribution in [0.15, 0.2) is 158 Å². The van der Waals surface area contributed by atoms with Gasteiger partial charge in [0.05, 0.1) is 11.0 Å². The van der Waals surface area contributed by atoms with Crippen molar-refractivity contribution in [2.75, 3.05) is 0 Å². The summed E-state index contributed by atoms with van der Waals surface area (Å²) in [4.78, 5) is 15.2. The second-order valence-corrected chi connectivity index (χ2v) is 13.7. The Hall–Kier alpha value is -6.39. The molecule has 7 aromatic carbocycles. The van der Waals surface area contributed by atoms with Gasteiger partial charge in [-0.3, -0.25) is 0 Å². The summed E-state index contributed by atoms with van der Waals surface area (Å²) in [5, 5.41) is 4.89. The molecule has 0 spiro atoms. The highest BCUT2D eigenvalue weighted by Crippen LogP contribution is 2.53. The molecule has 50 heavy (non-hydrogen) atoms. The van der Waals surface area contributed by atoms with Gasteiger partial charge in [0.15, 0.2) is 17.5 Å². The van der Waals surface area contributed by atoms with E-state index < -0.39 is 0 Å². The summed E-state index contributed by atoms with van der Waals surface area (Å²) >= 11 is 0. The first kappa shape index (κ1) is 28.6. The van der Waals surface area contributed by atoms with E-state index in [0.29, 0.717) is 17.5 Å². The number of hydrogen-bond donors (Lipinski definition) is 0. The molecule has 4 heteroatoms. The van der Waals surface area contributed by atoms with Crippen LogP contribution in [-0.4, -0.2) is 19.5 Å². The average Bonchev–Trinajstić information content (AvgIpc) is 3.63. The zero-order valence-electron chi connectivity index (χ0n) is 27.8. The summed E-state index contributed by atoms with van der Waals surface area (Å²) in [6.45, 7) is 4.69. The quantitative estimate of drug-likeness (QED) is 0.192. The Morgan fingerprint density at radius 1 is 0.460 bits per heavy atom. The van der Waals surface area contributed by atoms with E-state index in [0.717, 1.165) is 27.8 Å². The molecule has 0 aliphatic heterocycles. The third-order valence-electron chi connectivity index (χ3n) is 10.4. The smallest absolute Gasteiger partial charge is 0.164 e. The van der Waals surface area contributed by atoms with Crippen LogP contribution in [0.1, 0.15) is 25.0 Å². The molecule has 10 rings (SSSR count). The van der Waals surface area contributed by atoms with Gasteiger partial charge in [0.2, 0.25) is 0 Å². The molecule has 0 unspecified atom stereocenters. The van der Waals surface area contributed by atoms with Gasteiger partial charge >= 0.3 is 0 Å². The molecule has 0 N–H and O–H groups in total. The molecule has 9 aromatic rings. The van der Waals surface area contributed by atoms with E-state index in [4.69, 9.17) is 15.0 Å². The molecule has 0 saturated heterocycles. The van der Waals surface area contributed by atoms with E-state index >= 15 is 0 Å². The Morgan fingerprint density at radius 2 is 1.12 bits per heavy atom. The van der Waals surface area contributed by atoms with Crippen LogP contribution in [0.5, 0.6) is 0 Å². The molecule has 0 saturated carbocycles. The molecule has 0 atom stereocenters. The molecular weight excluding hydrogens is 609 g/mol. The lowest BCUT2D eigenvalue weighted by atomic mass is 9.82. The molecule has 2 heterocycles. The lowest BCUT2D eigenvalue weighted by Crippen LogP contribution is -2.14. The van der Waals surface area contributed by atoms with Crippen molar-refractivity contribution in [3.63, 3.8) is 0 Å². The van der Waals surface area contributed by atoms with Gasteiger partial charge in [-0.05, 0) is 63.4 Å². The van der Waals surface area contributed by atoms with Gasteiger partial charge < -0.3 is 4.57 Å². The van der Waals surface area contributed by atoms with E-state index in [9.17, 15) is 0 Å². The number of rotatable bonds is 4. The summed E-state index contributed by atoms with van der Waals surface area (Å²) in [6.07, 6.45) is 0. The molecule has 1 aliphatic carbocycles. The monoisotopic (exact) mass is 640 g/mol. The molecule has 4 nitrogen and oxygen atoms in total. The van der Waals surface area contributed by atoms with Crippen LogP contribution < -0.4 is 0 Å². The lowest BCUT2D eigenvalue weighted by Gasteiger charge is -2.21. The van der Waals surface area contributed by atoms with Crippen molar-refractivity contribution >= 4 is 32.6 Å². The zero-order valence-corrected chi connectivity index (χ0v) is 27.8. The normalized spacial score (nSPS) is 13.2. The van der Waals surface area contributed by atoms with Crippen LogP contribution in [0.25, 0.3) is 83.6 Å². The van der Waals surface area contributed by atoms with Gasteiger partial charge in [-0.25, -0.2) is 15.0 Å². The zero-order chi connectivity index (χ0) is 33.4. The molecule has 0 fully saturated rings. The summed E-state index contributed by atoms with van der Waals surface area (Å²) in [5.41, 5.74) is 11.6. The van der Waals surface area contributed by atoms with E-state index in [1.165, 1.54) is 49.4 Å². The molecular formula is C46H32N4. The number of para-hydroxylation sites is 1. The SMILES string of the molecule is CC1(C)c2ccccc2-c2c1ccc1c2c2ccccc2n1-c1cccc(-c2nc(-c3ccccc3)nc(-c3ccc4ccccc4c3)n2)c1. The summed E-state index contributed by atoms with van der Waals surface area (Å²) in [5.74, 6) is 1.94.